The average molecular weight is 285 g/mol. The van der Waals surface area contributed by atoms with E-state index >= 15 is 0 Å². The molecule has 0 spiro atoms. The molecule has 21 heavy (non-hydrogen) atoms. The number of anilines is 1. The lowest BCUT2D eigenvalue weighted by Crippen LogP contribution is -2.36. The first kappa shape index (κ1) is 13.7. The molecule has 2 aromatic rings. The Balaban J connectivity index is 1.86. The molecule has 1 fully saturated rings. The molecule has 3 rings (SSSR count). The number of nitrogen functional groups attached to an aromatic ring is 1. The van der Waals surface area contributed by atoms with Crippen LogP contribution < -0.4 is 11.1 Å². The molecule has 1 aromatic heterocycles. The van der Waals surface area contributed by atoms with E-state index < -0.39 is 0 Å². The summed E-state index contributed by atoms with van der Waals surface area (Å²) < 4.78 is 1.69. The third kappa shape index (κ3) is 2.63. The average Bonchev–Trinajstić information content (AvgIpc) is 2.90. The summed E-state index contributed by atoms with van der Waals surface area (Å²) in [5.74, 6) is 0.0428. The number of nitrogens with two attached hydrogens (primary N) is 1. The Hall–Kier alpha value is -2.30. The summed E-state index contributed by atoms with van der Waals surface area (Å²) in [5, 5.41) is 3.81. The lowest BCUT2D eigenvalue weighted by molar-refractivity contribution is -0.110. The quantitative estimate of drug-likeness (QED) is 0.670. The van der Waals surface area contributed by atoms with Crippen LogP contribution in [0.25, 0.3) is 10.9 Å². The maximum atomic E-state index is 12.7. The molecule has 0 radical (unpaired) electrons. The third-order valence-electron chi connectivity index (χ3n) is 4.28. The van der Waals surface area contributed by atoms with Gasteiger partial charge in [0.25, 0.3) is 0 Å². The van der Waals surface area contributed by atoms with Gasteiger partial charge in [-0.15, -0.1) is 0 Å². The van der Waals surface area contributed by atoms with Gasteiger partial charge in [-0.25, -0.2) is 0 Å². The fourth-order valence-electron chi connectivity index (χ4n) is 3.20. The van der Waals surface area contributed by atoms with E-state index in [9.17, 15) is 9.59 Å². The number of nitrogens with one attached hydrogen (secondary N) is 1. The second kappa shape index (κ2) is 5.60. The van der Waals surface area contributed by atoms with Crippen LogP contribution in [0.1, 0.15) is 30.5 Å². The molecule has 5 heteroatoms. The van der Waals surface area contributed by atoms with Crippen molar-refractivity contribution in [1.29, 1.82) is 0 Å². The Morgan fingerprint density at radius 1 is 1.33 bits per heavy atom. The largest absolute Gasteiger partial charge is 0.399 e. The van der Waals surface area contributed by atoms with Gasteiger partial charge in [-0.05, 0) is 37.5 Å². The number of benzene rings is 1. The van der Waals surface area contributed by atoms with Gasteiger partial charge in [-0.1, -0.05) is 12.5 Å². The predicted molar refractivity (Wildman–Crippen MR) is 81.9 cm³/mol. The molecule has 1 amide bonds. The monoisotopic (exact) mass is 285 g/mol. The topological polar surface area (TPSA) is 77.1 Å². The third-order valence-corrected chi connectivity index (χ3v) is 4.28. The zero-order chi connectivity index (χ0) is 14.8. The fourth-order valence-corrected chi connectivity index (χ4v) is 3.20. The zero-order valence-electron chi connectivity index (χ0n) is 11.8. The highest BCUT2D eigenvalue weighted by atomic mass is 16.2. The van der Waals surface area contributed by atoms with Crippen molar-refractivity contribution in [2.45, 2.75) is 31.7 Å². The smallest absolute Gasteiger partial charge is 0.234 e. The van der Waals surface area contributed by atoms with Gasteiger partial charge in [-0.3, -0.25) is 14.2 Å². The van der Waals surface area contributed by atoms with Crippen LogP contribution in [0.5, 0.6) is 0 Å². The number of amides is 1. The minimum Gasteiger partial charge on any atom is -0.399 e. The summed E-state index contributed by atoms with van der Waals surface area (Å²) in [4.78, 5) is 23.3. The number of hydrogen-bond donors (Lipinski definition) is 2. The molecule has 2 unspecified atom stereocenters. The van der Waals surface area contributed by atoms with Crippen molar-refractivity contribution in [2.75, 3.05) is 5.73 Å². The van der Waals surface area contributed by atoms with Gasteiger partial charge in [-0.2, -0.15) is 0 Å². The van der Waals surface area contributed by atoms with Crippen LogP contribution >= 0.6 is 0 Å². The molecule has 1 heterocycles. The highest BCUT2D eigenvalue weighted by Gasteiger charge is 2.28. The lowest BCUT2D eigenvalue weighted by Gasteiger charge is -2.28. The first-order valence-electron chi connectivity index (χ1n) is 7.29. The summed E-state index contributed by atoms with van der Waals surface area (Å²) >= 11 is 0. The van der Waals surface area contributed by atoms with E-state index in [1.807, 2.05) is 30.5 Å². The summed E-state index contributed by atoms with van der Waals surface area (Å²) in [6.45, 7) is 0. The van der Waals surface area contributed by atoms with Crippen molar-refractivity contribution >= 4 is 28.9 Å². The predicted octanol–water partition coefficient (Wildman–Crippen LogP) is 2.17. The Labute approximate surface area is 123 Å². The number of fused-ring (bicyclic) bond motifs is 1. The minimum atomic E-state index is -0.0479. The van der Waals surface area contributed by atoms with Crippen molar-refractivity contribution in [3.63, 3.8) is 0 Å². The maximum Gasteiger partial charge on any atom is 0.234 e. The van der Waals surface area contributed by atoms with Crippen LogP contribution in [0.2, 0.25) is 0 Å². The normalized spacial score (nSPS) is 22.1. The summed E-state index contributed by atoms with van der Waals surface area (Å²) in [6, 6.07) is 7.62. The molecular formula is C16H19N3O2. The van der Waals surface area contributed by atoms with Gasteiger partial charge < -0.3 is 11.1 Å². The first-order valence-corrected chi connectivity index (χ1v) is 7.29. The lowest BCUT2D eigenvalue weighted by atomic mass is 9.85. The van der Waals surface area contributed by atoms with Crippen molar-refractivity contribution in [3.8, 4) is 0 Å². The zero-order valence-corrected chi connectivity index (χ0v) is 11.8. The number of aromatic nitrogens is 1. The molecule has 1 aliphatic rings. The molecule has 5 nitrogen and oxygen atoms in total. The number of carbonyl (C=O) groups is 2. The van der Waals surface area contributed by atoms with Crippen LogP contribution in [0.3, 0.4) is 0 Å². The molecule has 1 saturated carbocycles. The van der Waals surface area contributed by atoms with Gasteiger partial charge in [0.05, 0.1) is 5.52 Å². The maximum absolute atomic E-state index is 12.7. The Morgan fingerprint density at radius 3 is 3.00 bits per heavy atom. The van der Waals surface area contributed by atoms with Crippen LogP contribution in [-0.4, -0.2) is 22.9 Å². The van der Waals surface area contributed by atoms with Crippen LogP contribution in [0, 0.1) is 5.92 Å². The second-order valence-electron chi connectivity index (χ2n) is 5.69. The van der Waals surface area contributed by atoms with Crippen molar-refractivity contribution in [1.82, 2.24) is 9.88 Å². The SMILES string of the molecule is Nc1ccc2ccn(C(=O)C3CCCC(NC=O)C3)c2c1. The summed E-state index contributed by atoms with van der Waals surface area (Å²) in [5.41, 5.74) is 7.32. The molecule has 0 bridgehead atoms. The number of nitrogens with zero attached hydrogens (tertiary/aromatic N) is 1. The van der Waals surface area contributed by atoms with Crippen molar-refractivity contribution in [2.24, 2.45) is 5.92 Å². The highest BCUT2D eigenvalue weighted by molar-refractivity contribution is 5.94. The number of hydrogen-bond acceptors (Lipinski definition) is 3. The van der Waals surface area contributed by atoms with E-state index in [0.29, 0.717) is 12.1 Å². The fraction of sp³-hybridized carbons (Fsp3) is 0.375. The van der Waals surface area contributed by atoms with Crippen LogP contribution in [0.4, 0.5) is 5.69 Å². The van der Waals surface area contributed by atoms with Crippen LogP contribution in [0.15, 0.2) is 30.5 Å². The van der Waals surface area contributed by atoms with Gasteiger partial charge in [0.15, 0.2) is 0 Å². The second-order valence-corrected chi connectivity index (χ2v) is 5.69. The van der Waals surface area contributed by atoms with Gasteiger partial charge >= 0.3 is 0 Å². The van der Waals surface area contributed by atoms with Gasteiger partial charge in [0.2, 0.25) is 12.3 Å². The number of rotatable bonds is 3. The van der Waals surface area contributed by atoms with E-state index in [0.717, 1.165) is 36.6 Å². The molecular weight excluding hydrogens is 266 g/mol. The molecule has 110 valence electrons. The Morgan fingerprint density at radius 2 is 2.19 bits per heavy atom. The first-order chi connectivity index (χ1) is 10.2. The van der Waals surface area contributed by atoms with E-state index in [1.54, 1.807) is 4.57 Å². The van der Waals surface area contributed by atoms with Gasteiger partial charge in [0.1, 0.15) is 0 Å². The highest BCUT2D eigenvalue weighted by Crippen LogP contribution is 2.28. The number of carbonyl (C=O) groups excluding carboxylic acids is 2. The summed E-state index contributed by atoms with van der Waals surface area (Å²) in [6.07, 6.45) is 6.02. The molecule has 3 N–H and O–H groups in total. The van der Waals surface area contributed by atoms with Crippen molar-refractivity contribution < 1.29 is 9.59 Å². The minimum absolute atomic E-state index is 0.0479. The van der Waals surface area contributed by atoms with E-state index in [4.69, 9.17) is 5.73 Å². The van der Waals surface area contributed by atoms with E-state index in [2.05, 4.69) is 5.32 Å². The van der Waals surface area contributed by atoms with Crippen LogP contribution in [-0.2, 0) is 4.79 Å². The van der Waals surface area contributed by atoms with E-state index in [1.165, 1.54) is 0 Å². The molecule has 2 atom stereocenters. The van der Waals surface area contributed by atoms with Gasteiger partial charge in [0, 0.05) is 29.2 Å². The van der Waals surface area contributed by atoms with Crippen molar-refractivity contribution in [3.05, 3.63) is 30.5 Å². The Kier molecular flexibility index (Phi) is 3.64. The van der Waals surface area contributed by atoms with E-state index in [-0.39, 0.29) is 17.9 Å². The summed E-state index contributed by atoms with van der Waals surface area (Å²) in [7, 11) is 0. The standard InChI is InChI=1S/C16H19N3O2/c17-13-5-4-11-6-7-19(15(11)9-13)16(21)12-2-1-3-14(8-12)18-10-20/h4-7,9-10,12,14H,1-3,8,17H2,(H,18,20). The molecule has 1 aliphatic carbocycles. The molecule has 0 aliphatic heterocycles. The molecule has 0 saturated heterocycles. The Bertz CT molecular complexity index is 677. The molecule has 1 aromatic carbocycles.